The maximum Gasteiger partial charge on any atom is 0.122 e. The van der Waals surface area contributed by atoms with Crippen LogP contribution in [0, 0.1) is 0 Å². The Kier molecular flexibility index (Phi) is 4.22. The molecule has 1 aromatic rings. The van der Waals surface area contributed by atoms with Gasteiger partial charge in [-0.15, -0.1) is 0 Å². The normalized spacial score (nSPS) is 11.8. The number of likely N-dealkylation sites (N-methyl/N-ethyl adjacent to an activating group) is 1. The SMILES string of the molecule is CNCCc1cc(Cl)cc(C(C)(C)C)c1O. The number of phenolic OH excluding ortho intramolecular Hbond substituents is 1. The summed E-state index contributed by atoms with van der Waals surface area (Å²) in [7, 11) is 1.90. The molecule has 0 aliphatic carbocycles. The van der Waals surface area contributed by atoms with Crippen LogP contribution < -0.4 is 5.32 Å². The highest BCUT2D eigenvalue weighted by Gasteiger charge is 2.20. The van der Waals surface area contributed by atoms with E-state index in [2.05, 4.69) is 26.1 Å². The second kappa shape index (κ2) is 5.07. The van der Waals surface area contributed by atoms with Crippen LogP contribution >= 0.6 is 11.6 Å². The van der Waals surface area contributed by atoms with Gasteiger partial charge in [0.25, 0.3) is 0 Å². The molecule has 90 valence electrons. The molecule has 0 aromatic heterocycles. The average molecular weight is 242 g/mol. The Morgan fingerprint density at radius 3 is 2.44 bits per heavy atom. The summed E-state index contributed by atoms with van der Waals surface area (Å²) in [4.78, 5) is 0. The Balaban J connectivity index is 3.16. The van der Waals surface area contributed by atoms with Crippen LogP contribution in [0.25, 0.3) is 0 Å². The predicted molar refractivity (Wildman–Crippen MR) is 69.4 cm³/mol. The van der Waals surface area contributed by atoms with Crippen molar-refractivity contribution in [3.8, 4) is 5.75 Å². The van der Waals surface area contributed by atoms with Crippen molar-refractivity contribution in [1.82, 2.24) is 5.32 Å². The van der Waals surface area contributed by atoms with Gasteiger partial charge in [-0.05, 0) is 43.1 Å². The fraction of sp³-hybridized carbons (Fsp3) is 0.538. The summed E-state index contributed by atoms with van der Waals surface area (Å²) < 4.78 is 0. The highest BCUT2D eigenvalue weighted by molar-refractivity contribution is 6.30. The van der Waals surface area contributed by atoms with Crippen LogP contribution in [-0.2, 0) is 11.8 Å². The zero-order chi connectivity index (χ0) is 12.3. The maximum atomic E-state index is 10.2. The minimum Gasteiger partial charge on any atom is -0.507 e. The molecule has 1 aromatic carbocycles. The smallest absolute Gasteiger partial charge is 0.122 e. The first-order valence-corrected chi connectivity index (χ1v) is 5.90. The number of phenols is 1. The van der Waals surface area contributed by atoms with E-state index in [1.54, 1.807) is 0 Å². The quantitative estimate of drug-likeness (QED) is 0.853. The van der Waals surface area contributed by atoms with E-state index >= 15 is 0 Å². The number of hydrogen-bond donors (Lipinski definition) is 2. The van der Waals surface area contributed by atoms with E-state index in [4.69, 9.17) is 11.6 Å². The molecule has 3 heteroatoms. The van der Waals surface area contributed by atoms with Crippen molar-refractivity contribution in [2.24, 2.45) is 0 Å². The molecule has 2 N–H and O–H groups in total. The van der Waals surface area contributed by atoms with Crippen molar-refractivity contribution < 1.29 is 5.11 Å². The third kappa shape index (κ3) is 3.13. The third-order valence-corrected chi connectivity index (χ3v) is 2.82. The fourth-order valence-electron chi connectivity index (χ4n) is 1.68. The van der Waals surface area contributed by atoms with Crippen molar-refractivity contribution in [2.75, 3.05) is 13.6 Å². The van der Waals surface area contributed by atoms with E-state index in [1.807, 2.05) is 19.2 Å². The van der Waals surface area contributed by atoms with Gasteiger partial charge >= 0.3 is 0 Å². The van der Waals surface area contributed by atoms with Gasteiger partial charge in [0, 0.05) is 10.6 Å². The monoisotopic (exact) mass is 241 g/mol. The van der Waals surface area contributed by atoms with E-state index in [1.165, 1.54) is 0 Å². The van der Waals surface area contributed by atoms with Gasteiger partial charge in [0.15, 0.2) is 0 Å². The standard InChI is InChI=1S/C13H20ClNO/c1-13(2,3)11-8-10(14)7-9(12(11)16)5-6-15-4/h7-8,15-16H,5-6H2,1-4H3. The molecule has 0 unspecified atom stereocenters. The van der Waals surface area contributed by atoms with E-state index in [9.17, 15) is 5.11 Å². The molecule has 0 bridgehead atoms. The predicted octanol–water partition coefficient (Wildman–Crippen LogP) is 3.11. The molecule has 0 spiro atoms. The second-order valence-electron chi connectivity index (χ2n) is 5.06. The Hall–Kier alpha value is -0.730. The summed E-state index contributed by atoms with van der Waals surface area (Å²) in [6.45, 7) is 7.04. The summed E-state index contributed by atoms with van der Waals surface area (Å²) in [5.41, 5.74) is 1.72. The van der Waals surface area contributed by atoms with Gasteiger partial charge in [0.2, 0.25) is 0 Å². The molecule has 0 radical (unpaired) electrons. The van der Waals surface area contributed by atoms with Crippen molar-refractivity contribution >= 4 is 11.6 Å². The Morgan fingerprint density at radius 1 is 1.31 bits per heavy atom. The highest BCUT2D eigenvalue weighted by Crippen LogP contribution is 2.35. The zero-order valence-electron chi connectivity index (χ0n) is 10.4. The van der Waals surface area contributed by atoms with Gasteiger partial charge in [-0.1, -0.05) is 32.4 Å². The van der Waals surface area contributed by atoms with Gasteiger partial charge < -0.3 is 10.4 Å². The van der Waals surface area contributed by atoms with Crippen molar-refractivity contribution in [1.29, 1.82) is 0 Å². The minimum atomic E-state index is -0.0939. The van der Waals surface area contributed by atoms with E-state index in [-0.39, 0.29) is 5.41 Å². The molecule has 0 aliphatic heterocycles. The lowest BCUT2D eigenvalue weighted by atomic mass is 9.85. The molecule has 2 nitrogen and oxygen atoms in total. The van der Waals surface area contributed by atoms with Crippen molar-refractivity contribution in [2.45, 2.75) is 32.6 Å². The molecule has 0 fully saturated rings. The second-order valence-corrected chi connectivity index (χ2v) is 5.50. The summed E-state index contributed by atoms with van der Waals surface area (Å²) >= 11 is 6.08. The summed E-state index contributed by atoms with van der Waals surface area (Å²) in [5.74, 6) is 0.382. The first kappa shape index (κ1) is 13.3. The molecule has 16 heavy (non-hydrogen) atoms. The molecule has 0 heterocycles. The van der Waals surface area contributed by atoms with E-state index in [0.717, 1.165) is 24.1 Å². The molecule has 0 saturated carbocycles. The number of rotatable bonds is 3. The molecule has 0 saturated heterocycles. The molecule has 1 rings (SSSR count). The number of halogens is 1. The van der Waals surface area contributed by atoms with Crippen molar-refractivity contribution in [3.05, 3.63) is 28.3 Å². The molecular formula is C13H20ClNO. The first-order chi connectivity index (χ1) is 7.36. The first-order valence-electron chi connectivity index (χ1n) is 5.52. The van der Waals surface area contributed by atoms with E-state index < -0.39 is 0 Å². The lowest BCUT2D eigenvalue weighted by Gasteiger charge is -2.22. The third-order valence-electron chi connectivity index (χ3n) is 2.61. The molecule has 0 aliphatic rings. The van der Waals surface area contributed by atoms with Crippen molar-refractivity contribution in [3.63, 3.8) is 0 Å². The van der Waals surface area contributed by atoms with Crippen LogP contribution in [0.3, 0.4) is 0 Å². The summed E-state index contributed by atoms with van der Waals surface area (Å²) in [6.07, 6.45) is 0.784. The van der Waals surface area contributed by atoms with Gasteiger partial charge in [-0.3, -0.25) is 0 Å². The fourth-order valence-corrected chi connectivity index (χ4v) is 1.92. The summed E-state index contributed by atoms with van der Waals surface area (Å²) in [6, 6.07) is 3.68. The molecular weight excluding hydrogens is 222 g/mol. The van der Waals surface area contributed by atoms with Crippen LogP contribution in [0.15, 0.2) is 12.1 Å². The topological polar surface area (TPSA) is 32.3 Å². The lowest BCUT2D eigenvalue weighted by Crippen LogP contribution is -2.14. The van der Waals surface area contributed by atoms with Crippen LogP contribution in [0.1, 0.15) is 31.9 Å². The Bertz CT molecular complexity index is 369. The number of nitrogens with one attached hydrogen (secondary N) is 1. The molecule has 0 atom stereocenters. The largest absolute Gasteiger partial charge is 0.507 e. The zero-order valence-corrected chi connectivity index (χ0v) is 11.2. The number of benzene rings is 1. The Morgan fingerprint density at radius 2 is 1.94 bits per heavy atom. The Labute approximate surface area is 103 Å². The van der Waals surface area contributed by atoms with Gasteiger partial charge in [-0.25, -0.2) is 0 Å². The minimum absolute atomic E-state index is 0.0939. The number of hydrogen-bond acceptors (Lipinski definition) is 2. The van der Waals surface area contributed by atoms with Gasteiger partial charge in [0.05, 0.1) is 0 Å². The van der Waals surface area contributed by atoms with Crippen LogP contribution in [0.4, 0.5) is 0 Å². The van der Waals surface area contributed by atoms with Crippen LogP contribution in [-0.4, -0.2) is 18.7 Å². The van der Waals surface area contributed by atoms with Crippen LogP contribution in [0.2, 0.25) is 5.02 Å². The molecule has 0 amide bonds. The van der Waals surface area contributed by atoms with Gasteiger partial charge in [0.1, 0.15) is 5.75 Å². The number of aromatic hydroxyl groups is 1. The van der Waals surface area contributed by atoms with E-state index in [0.29, 0.717) is 10.8 Å². The summed E-state index contributed by atoms with van der Waals surface area (Å²) in [5, 5.41) is 13.9. The highest BCUT2D eigenvalue weighted by atomic mass is 35.5. The average Bonchev–Trinajstić information content (AvgIpc) is 2.17. The maximum absolute atomic E-state index is 10.2. The lowest BCUT2D eigenvalue weighted by molar-refractivity contribution is 0.440. The van der Waals surface area contributed by atoms with Gasteiger partial charge in [-0.2, -0.15) is 0 Å². The van der Waals surface area contributed by atoms with Crippen LogP contribution in [0.5, 0.6) is 5.75 Å².